The number of hydrogen-bond donors (Lipinski definition) is 2. The van der Waals surface area contributed by atoms with Gasteiger partial charge in [0.25, 0.3) is 11.8 Å². The third-order valence-corrected chi connectivity index (χ3v) is 9.65. The molecule has 5 aromatic rings. The second kappa shape index (κ2) is 11.2. The number of hydrogen-bond acceptors (Lipinski definition) is 6. The molecule has 0 saturated carbocycles. The fraction of sp³-hybridized carbons (Fsp3) is 0.241. The van der Waals surface area contributed by atoms with Gasteiger partial charge in [-0.2, -0.15) is 18.3 Å². The molecule has 1 aliphatic carbocycles. The van der Waals surface area contributed by atoms with Gasteiger partial charge in [0.2, 0.25) is 0 Å². The van der Waals surface area contributed by atoms with Crippen LogP contribution in [-0.4, -0.2) is 26.4 Å². The van der Waals surface area contributed by atoms with Gasteiger partial charge in [0.15, 0.2) is 17.0 Å². The highest BCUT2D eigenvalue weighted by Crippen LogP contribution is 2.39. The second-order valence-electron chi connectivity index (χ2n) is 9.77. The molecule has 4 aromatic heterocycles. The van der Waals surface area contributed by atoms with Gasteiger partial charge >= 0.3 is 6.18 Å². The van der Waals surface area contributed by atoms with Gasteiger partial charge in [0, 0.05) is 26.5 Å². The molecule has 0 atom stereocenters. The first-order valence-corrected chi connectivity index (χ1v) is 15.2. The molecule has 1 aliphatic rings. The van der Waals surface area contributed by atoms with Crippen LogP contribution in [0.1, 0.15) is 61.6 Å². The zero-order valence-electron chi connectivity index (χ0n) is 22.1. The standard InChI is InChI=1S/C29H23ClF3N5O2S2/c1-2-17-11-12-22(41-17)19-13-23(29(31,32)33)38-24(35-19)14-20(37-38)26(39)36-28-25(18-5-3-4-6-21(18)42-28)27(40)34-16-9-7-15(30)8-10-16/h7-14H,2-6H2,1H3,(H,34,40)(H,36,39). The number of alkyl halides is 3. The quantitative estimate of drug-likeness (QED) is 0.198. The molecule has 0 aliphatic heterocycles. The van der Waals surface area contributed by atoms with Gasteiger partial charge < -0.3 is 10.6 Å². The van der Waals surface area contributed by atoms with Crippen molar-refractivity contribution in [2.24, 2.45) is 0 Å². The van der Waals surface area contributed by atoms with E-state index in [1.807, 2.05) is 13.0 Å². The molecule has 216 valence electrons. The summed E-state index contributed by atoms with van der Waals surface area (Å²) >= 11 is 8.63. The van der Waals surface area contributed by atoms with Crippen LogP contribution in [0.2, 0.25) is 5.02 Å². The Morgan fingerprint density at radius 2 is 1.76 bits per heavy atom. The Bertz CT molecular complexity index is 1830. The average Bonchev–Trinajstić information content (AvgIpc) is 3.69. The summed E-state index contributed by atoms with van der Waals surface area (Å²) in [5, 5.41) is 10.4. The van der Waals surface area contributed by atoms with Gasteiger partial charge in [-0.05, 0) is 80.1 Å². The molecule has 4 heterocycles. The van der Waals surface area contributed by atoms with Crippen molar-refractivity contribution in [3.05, 3.63) is 85.8 Å². The molecule has 0 unspecified atom stereocenters. The molecule has 42 heavy (non-hydrogen) atoms. The maximum Gasteiger partial charge on any atom is 0.433 e. The molecule has 2 N–H and O–H groups in total. The topological polar surface area (TPSA) is 88.4 Å². The van der Waals surface area contributed by atoms with Gasteiger partial charge in [0.05, 0.1) is 16.1 Å². The normalized spacial score (nSPS) is 13.3. The lowest BCUT2D eigenvalue weighted by Crippen LogP contribution is -2.19. The van der Waals surface area contributed by atoms with E-state index in [0.29, 0.717) is 37.1 Å². The molecule has 7 nitrogen and oxygen atoms in total. The number of nitrogens with zero attached hydrogens (tertiary/aromatic N) is 3. The van der Waals surface area contributed by atoms with Gasteiger partial charge in [-0.3, -0.25) is 9.59 Å². The Morgan fingerprint density at radius 1 is 1.00 bits per heavy atom. The Balaban J connectivity index is 1.35. The lowest BCUT2D eigenvalue weighted by Gasteiger charge is -2.13. The summed E-state index contributed by atoms with van der Waals surface area (Å²) in [5.74, 6) is -1.13. The zero-order valence-corrected chi connectivity index (χ0v) is 24.5. The highest BCUT2D eigenvalue weighted by molar-refractivity contribution is 7.17. The van der Waals surface area contributed by atoms with Gasteiger partial charge in [-0.25, -0.2) is 9.50 Å². The molecule has 0 saturated heterocycles. The number of nitrogens with one attached hydrogen (secondary N) is 2. The predicted molar refractivity (Wildman–Crippen MR) is 159 cm³/mol. The molecule has 6 rings (SSSR count). The molecule has 0 radical (unpaired) electrons. The summed E-state index contributed by atoms with van der Waals surface area (Å²) < 4.78 is 42.9. The molecule has 0 spiro atoms. The van der Waals surface area contributed by atoms with Crippen molar-refractivity contribution in [2.75, 3.05) is 10.6 Å². The first-order chi connectivity index (χ1) is 20.1. The third kappa shape index (κ3) is 5.53. The van der Waals surface area contributed by atoms with E-state index in [9.17, 15) is 22.8 Å². The Labute approximate surface area is 251 Å². The SMILES string of the molecule is CCc1ccc(-c2cc(C(F)(F)F)n3nc(C(=O)Nc4sc5c(c4C(=O)Nc4ccc(Cl)cc4)CCCC5)cc3n2)s1. The van der Waals surface area contributed by atoms with Crippen LogP contribution in [0, 0.1) is 0 Å². The highest BCUT2D eigenvalue weighted by atomic mass is 35.5. The molecule has 0 fully saturated rings. The maximum absolute atomic E-state index is 14.1. The van der Waals surface area contributed by atoms with E-state index in [1.165, 1.54) is 28.7 Å². The number of amides is 2. The van der Waals surface area contributed by atoms with Gasteiger partial charge in [0.1, 0.15) is 5.00 Å². The van der Waals surface area contributed by atoms with E-state index in [0.717, 1.165) is 47.1 Å². The molecule has 1 aromatic carbocycles. The Hall–Kier alpha value is -3.74. The second-order valence-corrected chi connectivity index (χ2v) is 12.5. The molecular weight excluding hydrogens is 607 g/mol. The van der Waals surface area contributed by atoms with Gasteiger partial charge in [-0.15, -0.1) is 22.7 Å². The van der Waals surface area contributed by atoms with E-state index in [4.69, 9.17) is 11.6 Å². The minimum Gasteiger partial charge on any atom is -0.322 e. The number of halogens is 4. The summed E-state index contributed by atoms with van der Waals surface area (Å²) in [6.45, 7) is 1.96. The number of benzene rings is 1. The zero-order chi connectivity index (χ0) is 29.6. The lowest BCUT2D eigenvalue weighted by molar-refractivity contribution is -0.142. The van der Waals surface area contributed by atoms with E-state index in [1.54, 1.807) is 30.3 Å². The van der Waals surface area contributed by atoms with Gasteiger partial charge in [-0.1, -0.05) is 18.5 Å². The number of carbonyl (C=O) groups excluding carboxylic acids is 2. The smallest absolute Gasteiger partial charge is 0.322 e. The number of anilines is 2. The first kappa shape index (κ1) is 28.4. The number of aryl methyl sites for hydroxylation is 2. The number of fused-ring (bicyclic) bond motifs is 2. The fourth-order valence-corrected chi connectivity index (χ4v) is 7.22. The van der Waals surface area contributed by atoms with Crippen LogP contribution in [0.15, 0.2) is 48.5 Å². The number of thiophene rings is 2. The van der Waals surface area contributed by atoms with Crippen LogP contribution in [0.5, 0.6) is 0 Å². The highest BCUT2D eigenvalue weighted by Gasteiger charge is 2.36. The van der Waals surface area contributed by atoms with Crippen LogP contribution in [-0.2, 0) is 25.4 Å². The van der Waals surface area contributed by atoms with Crippen LogP contribution in [0.25, 0.3) is 16.2 Å². The van der Waals surface area contributed by atoms with Crippen molar-refractivity contribution in [2.45, 2.75) is 45.2 Å². The monoisotopic (exact) mass is 629 g/mol. The van der Waals surface area contributed by atoms with Crippen LogP contribution < -0.4 is 10.6 Å². The largest absolute Gasteiger partial charge is 0.433 e. The van der Waals surface area contributed by atoms with Crippen molar-refractivity contribution in [1.82, 2.24) is 14.6 Å². The maximum atomic E-state index is 14.1. The van der Waals surface area contributed by atoms with E-state index in [2.05, 4.69) is 20.7 Å². The van der Waals surface area contributed by atoms with Crippen molar-refractivity contribution in [3.63, 3.8) is 0 Å². The first-order valence-electron chi connectivity index (χ1n) is 13.2. The predicted octanol–water partition coefficient (Wildman–Crippen LogP) is 8.14. The van der Waals surface area contributed by atoms with Crippen LogP contribution in [0.4, 0.5) is 23.9 Å². The fourth-order valence-electron chi connectivity index (χ4n) is 4.91. The molecular formula is C29H23ClF3N5O2S2. The van der Waals surface area contributed by atoms with Crippen molar-refractivity contribution in [1.29, 1.82) is 0 Å². The average molecular weight is 630 g/mol. The summed E-state index contributed by atoms with van der Waals surface area (Å²) in [6.07, 6.45) is -0.659. The summed E-state index contributed by atoms with van der Waals surface area (Å²) in [7, 11) is 0. The molecule has 2 amide bonds. The van der Waals surface area contributed by atoms with Crippen molar-refractivity contribution < 1.29 is 22.8 Å². The Kier molecular flexibility index (Phi) is 7.54. The van der Waals surface area contributed by atoms with E-state index >= 15 is 0 Å². The number of rotatable bonds is 6. The van der Waals surface area contributed by atoms with E-state index < -0.39 is 23.7 Å². The van der Waals surface area contributed by atoms with Crippen molar-refractivity contribution >= 4 is 62.4 Å². The third-order valence-electron chi connectivity index (χ3n) is 6.94. The summed E-state index contributed by atoms with van der Waals surface area (Å²) in [6, 6.07) is 12.4. The van der Waals surface area contributed by atoms with Crippen LogP contribution >= 0.6 is 34.3 Å². The molecule has 0 bridgehead atoms. The lowest BCUT2D eigenvalue weighted by atomic mass is 9.95. The van der Waals surface area contributed by atoms with E-state index in [-0.39, 0.29) is 17.0 Å². The summed E-state index contributed by atoms with van der Waals surface area (Å²) in [4.78, 5) is 33.8. The minimum atomic E-state index is -4.74. The van der Waals surface area contributed by atoms with Crippen LogP contribution in [0.3, 0.4) is 0 Å². The number of carbonyl (C=O) groups is 2. The summed E-state index contributed by atoms with van der Waals surface area (Å²) in [5.41, 5.74) is 0.513. The minimum absolute atomic E-state index is 0.109. The molecule has 13 heteroatoms. The van der Waals surface area contributed by atoms with Crippen molar-refractivity contribution in [3.8, 4) is 10.6 Å². The Morgan fingerprint density at radius 3 is 2.48 bits per heavy atom. The number of aromatic nitrogens is 3.